The lowest BCUT2D eigenvalue weighted by Crippen LogP contribution is -2.50. The minimum absolute atomic E-state index is 0.00103. The Labute approximate surface area is 209 Å². The molecule has 0 saturated carbocycles. The van der Waals surface area contributed by atoms with E-state index in [9.17, 15) is 9.59 Å². The van der Waals surface area contributed by atoms with E-state index in [-0.39, 0.29) is 18.4 Å². The van der Waals surface area contributed by atoms with Crippen molar-refractivity contribution in [3.05, 3.63) is 82.0 Å². The van der Waals surface area contributed by atoms with Gasteiger partial charge >= 0.3 is 0 Å². The Morgan fingerprint density at radius 1 is 1.06 bits per heavy atom. The third-order valence-electron chi connectivity index (χ3n) is 5.78. The van der Waals surface area contributed by atoms with Crippen molar-refractivity contribution in [2.75, 3.05) is 6.54 Å². The average Bonchev–Trinajstić information content (AvgIpc) is 3.47. The summed E-state index contributed by atoms with van der Waals surface area (Å²) >= 11 is 1.48. The first-order valence-electron chi connectivity index (χ1n) is 11.7. The van der Waals surface area contributed by atoms with Gasteiger partial charge in [0.1, 0.15) is 18.1 Å². The number of aryl methyl sites for hydroxylation is 1. The highest BCUT2D eigenvalue weighted by Crippen LogP contribution is 2.28. The molecule has 0 bridgehead atoms. The van der Waals surface area contributed by atoms with Crippen LogP contribution >= 0.6 is 11.3 Å². The largest absolute Gasteiger partial charge is 0.349 e. The molecule has 2 aromatic carbocycles. The van der Waals surface area contributed by atoms with E-state index in [4.69, 9.17) is 0 Å². The van der Waals surface area contributed by atoms with E-state index in [1.807, 2.05) is 74.7 Å². The van der Waals surface area contributed by atoms with Crippen molar-refractivity contribution in [3.63, 3.8) is 0 Å². The highest BCUT2D eigenvalue weighted by Gasteiger charge is 2.34. The molecule has 1 atom stereocenters. The van der Waals surface area contributed by atoms with Crippen molar-refractivity contribution >= 4 is 34.2 Å². The molecule has 0 aliphatic carbocycles. The van der Waals surface area contributed by atoms with E-state index in [0.29, 0.717) is 13.0 Å². The molecular formula is C27H31N5O2S. The van der Waals surface area contributed by atoms with Gasteiger partial charge in [-0.25, -0.2) is 4.68 Å². The molecule has 0 spiro atoms. The number of fused-ring (bicyclic) bond motifs is 1. The van der Waals surface area contributed by atoms with Gasteiger partial charge in [-0.3, -0.25) is 9.59 Å². The molecule has 0 aliphatic rings. The van der Waals surface area contributed by atoms with E-state index in [2.05, 4.69) is 34.7 Å². The van der Waals surface area contributed by atoms with Crippen LogP contribution in [0.2, 0.25) is 0 Å². The number of carbonyl (C=O) groups excluding carboxylic acids is 2. The predicted octanol–water partition coefficient (Wildman–Crippen LogP) is 4.53. The van der Waals surface area contributed by atoms with Crippen molar-refractivity contribution in [3.8, 4) is 0 Å². The fourth-order valence-electron chi connectivity index (χ4n) is 4.09. The lowest BCUT2D eigenvalue weighted by atomic mass is 10.0. The molecule has 4 aromatic rings. The second kappa shape index (κ2) is 10.4. The first kappa shape index (κ1) is 24.6. The van der Waals surface area contributed by atoms with E-state index >= 15 is 0 Å². The topological polar surface area (TPSA) is 80.1 Å². The van der Waals surface area contributed by atoms with Crippen molar-refractivity contribution in [1.29, 1.82) is 0 Å². The molecule has 0 unspecified atom stereocenters. The summed E-state index contributed by atoms with van der Waals surface area (Å²) in [5, 5.41) is 13.4. The predicted molar refractivity (Wildman–Crippen MR) is 139 cm³/mol. The van der Waals surface area contributed by atoms with Crippen LogP contribution in [0.3, 0.4) is 0 Å². The zero-order chi connectivity index (χ0) is 25.0. The quantitative estimate of drug-likeness (QED) is 0.394. The second-order valence-corrected chi connectivity index (χ2v) is 10.6. The summed E-state index contributed by atoms with van der Waals surface area (Å²) in [4.78, 5) is 29.9. The Bertz CT molecular complexity index is 1310. The average molecular weight is 490 g/mol. The minimum atomic E-state index is -0.736. The van der Waals surface area contributed by atoms with E-state index < -0.39 is 11.6 Å². The standard InChI is InChI=1S/C27H31N5O2S/c1-19-10-5-6-11-20(19)15-16-31(24(33)18-32-22-13-8-7-12-21(22)29-30-32)25(23-14-9-17-35-23)26(34)28-27(2,3)4/h5-14,17,25H,15-16,18H2,1-4H3,(H,28,34)/t25-/m0/s1. The van der Waals surface area contributed by atoms with Gasteiger partial charge in [0.2, 0.25) is 11.8 Å². The molecule has 0 radical (unpaired) electrons. The molecule has 0 fully saturated rings. The maximum absolute atomic E-state index is 13.8. The molecule has 1 N–H and O–H groups in total. The lowest BCUT2D eigenvalue weighted by Gasteiger charge is -2.33. The molecule has 4 rings (SSSR count). The summed E-state index contributed by atoms with van der Waals surface area (Å²) in [6.45, 7) is 8.29. The van der Waals surface area contributed by atoms with Crippen LogP contribution in [-0.2, 0) is 22.6 Å². The highest BCUT2D eigenvalue weighted by molar-refractivity contribution is 7.10. The van der Waals surface area contributed by atoms with Crippen LogP contribution in [0, 0.1) is 6.92 Å². The number of aromatic nitrogens is 3. The van der Waals surface area contributed by atoms with Gasteiger partial charge in [-0.15, -0.1) is 16.4 Å². The Morgan fingerprint density at radius 2 is 1.80 bits per heavy atom. The third kappa shape index (κ3) is 5.95. The number of hydrogen-bond donors (Lipinski definition) is 1. The molecule has 7 nitrogen and oxygen atoms in total. The molecule has 2 amide bonds. The van der Waals surface area contributed by atoms with Gasteiger partial charge < -0.3 is 10.2 Å². The van der Waals surface area contributed by atoms with E-state index in [1.165, 1.54) is 11.3 Å². The van der Waals surface area contributed by atoms with Gasteiger partial charge in [-0.05, 0) is 68.8 Å². The number of rotatable bonds is 8. The van der Waals surface area contributed by atoms with Crippen LogP contribution in [-0.4, -0.2) is 43.8 Å². The van der Waals surface area contributed by atoms with Gasteiger partial charge in [0.25, 0.3) is 0 Å². The Balaban J connectivity index is 1.68. The molecular weight excluding hydrogens is 458 g/mol. The molecule has 35 heavy (non-hydrogen) atoms. The maximum Gasteiger partial charge on any atom is 0.248 e. The van der Waals surface area contributed by atoms with Crippen molar-refractivity contribution < 1.29 is 9.59 Å². The van der Waals surface area contributed by atoms with Crippen LogP contribution in [0.1, 0.15) is 42.8 Å². The summed E-state index contributed by atoms with van der Waals surface area (Å²) in [5.41, 5.74) is 3.39. The number of carbonyl (C=O) groups is 2. The molecule has 8 heteroatoms. The van der Waals surface area contributed by atoms with Gasteiger partial charge in [0.15, 0.2) is 0 Å². The van der Waals surface area contributed by atoms with Crippen LogP contribution in [0.15, 0.2) is 66.0 Å². The van der Waals surface area contributed by atoms with Crippen LogP contribution < -0.4 is 5.32 Å². The van der Waals surface area contributed by atoms with Crippen LogP contribution in [0.25, 0.3) is 11.0 Å². The van der Waals surface area contributed by atoms with Crippen molar-refractivity contribution in [2.24, 2.45) is 0 Å². The van der Waals surface area contributed by atoms with Gasteiger partial charge in [0, 0.05) is 17.0 Å². The highest BCUT2D eigenvalue weighted by atomic mass is 32.1. The first-order valence-corrected chi connectivity index (χ1v) is 12.6. The number of para-hydroxylation sites is 1. The Kier molecular flexibility index (Phi) is 7.31. The summed E-state index contributed by atoms with van der Waals surface area (Å²) in [6.07, 6.45) is 0.640. The van der Waals surface area contributed by atoms with Crippen LogP contribution in [0.5, 0.6) is 0 Å². The number of nitrogens with zero attached hydrogens (tertiary/aromatic N) is 4. The monoisotopic (exact) mass is 489 g/mol. The van der Waals surface area contributed by atoms with Gasteiger partial charge in [-0.2, -0.15) is 0 Å². The molecule has 2 heterocycles. The van der Waals surface area contributed by atoms with Gasteiger partial charge in [0.05, 0.1) is 5.52 Å². The smallest absolute Gasteiger partial charge is 0.248 e. The number of amides is 2. The SMILES string of the molecule is Cc1ccccc1CCN(C(=O)Cn1nnc2ccccc21)[C@H](C(=O)NC(C)(C)C)c1cccs1. The number of hydrogen-bond acceptors (Lipinski definition) is 5. The molecule has 2 aromatic heterocycles. The summed E-state index contributed by atoms with van der Waals surface area (Å²) in [7, 11) is 0. The Hall–Kier alpha value is -3.52. The van der Waals surface area contributed by atoms with E-state index in [0.717, 1.165) is 27.0 Å². The maximum atomic E-state index is 13.8. The van der Waals surface area contributed by atoms with Crippen LogP contribution in [0.4, 0.5) is 0 Å². The molecule has 0 saturated heterocycles. The summed E-state index contributed by atoms with van der Waals surface area (Å²) < 4.78 is 1.60. The summed E-state index contributed by atoms with van der Waals surface area (Å²) in [5.74, 6) is -0.377. The summed E-state index contributed by atoms with van der Waals surface area (Å²) in [6, 6.07) is 18.8. The van der Waals surface area contributed by atoms with Gasteiger partial charge in [-0.1, -0.05) is 47.7 Å². The van der Waals surface area contributed by atoms with Crippen molar-refractivity contribution in [1.82, 2.24) is 25.2 Å². The lowest BCUT2D eigenvalue weighted by molar-refractivity contribution is -0.142. The normalized spacial score (nSPS) is 12.5. The van der Waals surface area contributed by atoms with E-state index in [1.54, 1.807) is 9.58 Å². The number of nitrogens with one attached hydrogen (secondary N) is 1. The third-order valence-corrected chi connectivity index (χ3v) is 6.70. The zero-order valence-electron chi connectivity index (χ0n) is 20.6. The van der Waals surface area contributed by atoms with Crippen molar-refractivity contribution in [2.45, 2.75) is 52.2 Å². The molecule has 182 valence electrons. The fourth-order valence-corrected chi connectivity index (χ4v) is 4.93. The fraction of sp³-hybridized carbons (Fsp3) is 0.333. The Morgan fingerprint density at radius 3 is 2.51 bits per heavy atom. The second-order valence-electron chi connectivity index (χ2n) is 9.66. The first-order chi connectivity index (χ1) is 16.7. The number of benzene rings is 2. The minimum Gasteiger partial charge on any atom is -0.349 e. The zero-order valence-corrected chi connectivity index (χ0v) is 21.4. The molecule has 0 aliphatic heterocycles. The number of thiophene rings is 1.